The highest BCUT2D eigenvalue weighted by molar-refractivity contribution is 5.82. The van der Waals surface area contributed by atoms with Crippen LogP contribution >= 0.6 is 0 Å². The smallest absolute Gasteiger partial charge is 0.330 e. The van der Waals surface area contributed by atoms with E-state index in [1.807, 2.05) is 0 Å². The SMILES string of the molecule is CC(O)CCCC1CCCCC[C@@H](O)C[C@@H](O)[C@H](O)/C=C/C(=O)O1. The van der Waals surface area contributed by atoms with E-state index in [-0.39, 0.29) is 18.6 Å². The maximum Gasteiger partial charge on any atom is 0.330 e. The van der Waals surface area contributed by atoms with Crippen LogP contribution in [0.2, 0.25) is 0 Å². The Labute approximate surface area is 144 Å². The molecule has 1 aliphatic heterocycles. The van der Waals surface area contributed by atoms with Gasteiger partial charge in [0, 0.05) is 12.5 Å². The van der Waals surface area contributed by atoms with Crippen LogP contribution in [-0.4, -0.2) is 56.9 Å². The van der Waals surface area contributed by atoms with Crippen LogP contribution in [-0.2, 0) is 9.53 Å². The molecule has 0 fully saturated rings. The fraction of sp³-hybridized carbons (Fsp3) is 0.833. The third kappa shape index (κ3) is 9.37. The first-order valence-electron chi connectivity index (χ1n) is 8.99. The van der Waals surface area contributed by atoms with Gasteiger partial charge in [0.1, 0.15) is 6.10 Å². The number of hydrogen-bond acceptors (Lipinski definition) is 6. The van der Waals surface area contributed by atoms with Gasteiger partial charge in [-0.25, -0.2) is 4.79 Å². The number of hydrogen-bond donors (Lipinski definition) is 4. The second kappa shape index (κ2) is 11.6. The van der Waals surface area contributed by atoms with Crippen molar-refractivity contribution in [1.82, 2.24) is 0 Å². The summed E-state index contributed by atoms with van der Waals surface area (Å²) in [5, 5.41) is 38.8. The zero-order valence-electron chi connectivity index (χ0n) is 14.5. The van der Waals surface area contributed by atoms with Crippen LogP contribution in [0.5, 0.6) is 0 Å². The Hall–Kier alpha value is -0.950. The zero-order chi connectivity index (χ0) is 17.9. The van der Waals surface area contributed by atoms with Crippen LogP contribution in [0.4, 0.5) is 0 Å². The van der Waals surface area contributed by atoms with Crippen molar-refractivity contribution < 1.29 is 30.0 Å². The van der Waals surface area contributed by atoms with E-state index < -0.39 is 24.3 Å². The lowest BCUT2D eigenvalue weighted by molar-refractivity contribution is -0.143. The number of cyclic esters (lactones) is 1. The van der Waals surface area contributed by atoms with Gasteiger partial charge in [-0.05, 0) is 51.5 Å². The molecule has 0 saturated carbocycles. The summed E-state index contributed by atoms with van der Waals surface area (Å²) < 4.78 is 5.43. The molecule has 0 aromatic carbocycles. The van der Waals surface area contributed by atoms with Gasteiger partial charge in [-0.3, -0.25) is 0 Å². The van der Waals surface area contributed by atoms with E-state index in [1.54, 1.807) is 6.92 Å². The molecule has 0 amide bonds. The lowest BCUT2D eigenvalue weighted by Crippen LogP contribution is -2.29. The Balaban J connectivity index is 2.63. The van der Waals surface area contributed by atoms with Gasteiger partial charge in [0.25, 0.3) is 0 Å². The number of carbonyl (C=O) groups excluding carboxylic acids is 1. The first-order valence-corrected chi connectivity index (χ1v) is 8.99. The Kier molecular flexibility index (Phi) is 10.2. The maximum absolute atomic E-state index is 11.9. The molecule has 1 rings (SSSR count). The average molecular weight is 344 g/mol. The molecule has 24 heavy (non-hydrogen) atoms. The van der Waals surface area contributed by atoms with E-state index in [4.69, 9.17) is 4.74 Å². The van der Waals surface area contributed by atoms with Gasteiger partial charge in [-0.15, -0.1) is 0 Å². The van der Waals surface area contributed by atoms with Crippen molar-refractivity contribution in [3.05, 3.63) is 12.2 Å². The molecule has 0 bridgehead atoms. The molecule has 1 aliphatic rings. The van der Waals surface area contributed by atoms with Gasteiger partial charge in [0.15, 0.2) is 0 Å². The Morgan fingerprint density at radius 3 is 2.62 bits per heavy atom. The van der Waals surface area contributed by atoms with Crippen molar-refractivity contribution in [3.8, 4) is 0 Å². The molecule has 2 unspecified atom stereocenters. The molecule has 140 valence electrons. The summed E-state index contributed by atoms with van der Waals surface area (Å²) in [6.45, 7) is 1.74. The standard InChI is InChI=1S/C18H32O6/c1-13(19)6-5-9-15-8-4-2-3-7-14(20)12-17(22)16(21)10-11-18(23)24-15/h10-11,13-17,19-22H,2-9,12H2,1H3/b11-10+/t13?,14-,15?,16-,17-/m1/s1. The van der Waals surface area contributed by atoms with E-state index in [1.165, 1.54) is 6.08 Å². The van der Waals surface area contributed by atoms with Crippen LogP contribution in [0.15, 0.2) is 12.2 Å². The van der Waals surface area contributed by atoms with Crippen molar-refractivity contribution in [1.29, 1.82) is 0 Å². The van der Waals surface area contributed by atoms with Crippen LogP contribution in [0.25, 0.3) is 0 Å². The summed E-state index contributed by atoms with van der Waals surface area (Å²) in [6, 6.07) is 0. The van der Waals surface area contributed by atoms with E-state index in [2.05, 4.69) is 0 Å². The number of aliphatic hydroxyl groups is 4. The molecule has 1 heterocycles. The normalized spacial score (nSPS) is 33.3. The van der Waals surface area contributed by atoms with E-state index >= 15 is 0 Å². The fourth-order valence-electron chi connectivity index (χ4n) is 2.88. The molecule has 0 aromatic rings. The topological polar surface area (TPSA) is 107 Å². The van der Waals surface area contributed by atoms with Crippen molar-refractivity contribution in [2.75, 3.05) is 0 Å². The van der Waals surface area contributed by atoms with Crippen molar-refractivity contribution in [2.45, 2.75) is 95.2 Å². The monoisotopic (exact) mass is 344 g/mol. The summed E-state index contributed by atoms with van der Waals surface area (Å²) in [6.07, 6.45) is 5.00. The highest BCUT2D eigenvalue weighted by Gasteiger charge is 2.20. The minimum atomic E-state index is -1.20. The Morgan fingerprint density at radius 1 is 1.21 bits per heavy atom. The second-order valence-corrected chi connectivity index (χ2v) is 6.78. The largest absolute Gasteiger partial charge is 0.459 e. The van der Waals surface area contributed by atoms with Crippen molar-refractivity contribution in [3.63, 3.8) is 0 Å². The van der Waals surface area contributed by atoms with Gasteiger partial charge in [-0.2, -0.15) is 0 Å². The summed E-state index contributed by atoms with van der Waals surface area (Å²) in [5.74, 6) is -0.541. The molecule has 6 nitrogen and oxygen atoms in total. The Bertz CT molecular complexity index is 382. The summed E-state index contributed by atoms with van der Waals surface area (Å²) in [7, 11) is 0. The van der Waals surface area contributed by atoms with Gasteiger partial charge in [-0.1, -0.05) is 12.8 Å². The molecule has 0 radical (unpaired) electrons. The molecular formula is C18H32O6. The molecule has 0 aromatic heterocycles. The van der Waals surface area contributed by atoms with Gasteiger partial charge >= 0.3 is 5.97 Å². The van der Waals surface area contributed by atoms with Crippen LogP contribution in [0.1, 0.15) is 64.7 Å². The number of carbonyl (C=O) groups is 1. The van der Waals surface area contributed by atoms with Gasteiger partial charge in [0.05, 0.1) is 24.4 Å². The van der Waals surface area contributed by atoms with Gasteiger partial charge < -0.3 is 25.2 Å². The molecule has 6 heteroatoms. The third-order valence-electron chi connectivity index (χ3n) is 4.33. The van der Waals surface area contributed by atoms with Crippen LogP contribution in [0.3, 0.4) is 0 Å². The predicted octanol–water partition coefficient (Wildman–Crippen LogP) is 1.44. The summed E-state index contributed by atoms with van der Waals surface area (Å²) >= 11 is 0. The Morgan fingerprint density at radius 2 is 1.92 bits per heavy atom. The highest BCUT2D eigenvalue weighted by atomic mass is 16.5. The average Bonchev–Trinajstić information content (AvgIpc) is 2.50. The molecule has 0 saturated heterocycles. The molecule has 4 N–H and O–H groups in total. The number of esters is 1. The molecule has 5 atom stereocenters. The predicted molar refractivity (Wildman–Crippen MR) is 90.3 cm³/mol. The lowest BCUT2D eigenvalue weighted by Gasteiger charge is -2.20. The molecule has 0 spiro atoms. The first kappa shape index (κ1) is 21.1. The van der Waals surface area contributed by atoms with Crippen LogP contribution in [0, 0.1) is 0 Å². The first-order chi connectivity index (χ1) is 11.4. The maximum atomic E-state index is 11.9. The van der Waals surface area contributed by atoms with Crippen molar-refractivity contribution >= 4 is 5.97 Å². The third-order valence-corrected chi connectivity index (χ3v) is 4.33. The quantitative estimate of drug-likeness (QED) is 0.575. The number of aliphatic hydroxyl groups excluding tert-OH is 4. The zero-order valence-corrected chi connectivity index (χ0v) is 14.5. The van der Waals surface area contributed by atoms with E-state index in [0.717, 1.165) is 38.2 Å². The minimum absolute atomic E-state index is 0.0858. The van der Waals surface area contributed by atoms with Crippen molar-refractivity contribution in [2.24, 2.45) is 0 Å². The summed E-state index contributed by atoms with van der Waals surface area (Å²) in [5.41, 5.74) is 0. The molecular weight excluding hydrogens is 312 g/mol. The van der Waals surface area contributed by atoms with E-state index in [9.17, 15) is 25.2 Å². The highest BCUT2D eigenvalue weighted by Crippen LogP contribution is 2.18. The fourth-order valence-corrected chi connectivity index (χ4v) is 2.88. The molecule has 0 aliphatic carbocycles. The number of rotatable bonds is 4. The summed E-state index contributed by atoms with van der Waals surface area (Å²) in [4.78, 5) is 11.9. The van der Waals surface area contributed by atoms with Crippen LogP contribution < -0.4 is 0 Å². The second-order valence-electron chi connectivity index (χ2n) is 6.78. The number of ether oxygens (including phenoxy) is 1. The van der Waals surface area contributed by atoms with E-state index in [0.29, 0.717) is 19.3 Å². The minimum Gasteiger partial charge on any atom is -0.459 e. The van der Waals surface area contributed by atoms with Gasteiger partial charge in [0.2, 0.25) is 0 Å². The lowest BCUT2D eigenvalue weighted by atomic mass is 9.99.